The molecule has 1 unspecified atom stereocenters. The number of rotatable bonds is 2. The van der Waals surface area contributed by atoms with E-state index < -0.39 is 0 Å². The highest BCUT2D eigenvalue weighted by molar-refractivity contribution is 5.35. The average molecular weight is 145 g/mol. The number of nitriles is 1. The van der Waals surface area contributed by atoms with Crippen molar-refractivity contribution in [1.82, 2.24) is 5.32 Å². The Balaban J connectivity index is 2.60. The van der Waals surface area contributed by atoms with E-state index in [9.17, 15) is 0 Å². The van der Waals surface area contributed by atoms with Crippen LogP contribution < -0.4 is 5.32 Å². The van der Waals surface area contributed by atoms with E-state index in [2.05, 4.69) is 5.32 Å². The molecule has 1 atom stereocenters. The van der Waals surface area contributed by atoms with Crippen molar-refractivity contribution in [3.63, 3.8) is 0 Å². The molecule has 1 aromatic carbocycles. The lowest BCUT2D eigenvalue weighted by atomic mass is 10.3. The molecule has 0 fully saturated rings. The van der Waals surface area contributed by atoms with Crippen LogP contribution >= 0.6 is 0 Å². The second-order valence-corrected chi connectivity index (χ2v) is 2.27. The molecule has 0 amide bonds. The molecule has 0 heterocycles. The number of nitrogens with zero attached hydrogens (tertiary/aromatic N) is 2. The van der Waals surface area contributed by atoms with Crippen LogP contribution in [0.1, 0.15) is 6.92 Å². The van der Waals surface area contributed by atoms with E-state index in [0.717, 1.165) is 5.69 Å². The van der Waals surface area contributed by atoms with Crippen LogP contribution in [0.25, 0.3) is 0 Å². The summed E-state index contributed by atoms with van der Waals surface area (Å²) in [6.45, 7) is 1.77. The summed E-state index contributed by atoms with van der Waals surface area (Å²) in [5.74, 6) is 0. The maximum absolute atomic E-state index is 8.45. The van der Waals surface area contributed by atoms with Gasteiger partial charge in [0, 0.05) is 0 Å². The van der Waals surface area contributed by atoms with Crippen LogP contribution in [-0.4, -0.2) is 6.04 Å². The molecule has 0 bridgehead atoms. The Morgan fingerprint density at radius 2 is 2.00 bits per heavy atom. The molecule has 0 aromatic heterocycles. The molecule has 0 aliphatic heterocycles. The monoisotopic (exact) mass is 145 g/mol. The van der Waals surface area contributed by atoms with Gasteiger partial charge in [-0.15, -0.1) is 0 Å². The third-order valence-electron chi connectivity index (χ3n) is 1.29. The number of hydrogen-bond donors (Lipinski definition) is 0. The standard InChI is InChI=1S/C9H9N2/c1-8(7-10)11-9-5-3-2-4-6-9/h2-6,8H,1H3. The third-order valence-corrected chi connectivity index (χ3v) is 1.29. The van der Waals surface area contributed by atoms with Gasteiger partial charge in [-0.2, -0.15) is 5.26 Å². The summed E-state index contributed by atoms with van der Waals surface area (Å²) in [6, 6.07) is 11.3. The highest BCUT2D eigenvalue weighted by Crippen LogP contribution is 2.06. The van der Waals surface area contributed by atoms with Crippen LogP contribution in [0.2, 0.25) is 0 Å². The summed E-state index contributed by atoms with van der Waals surface area (Å²) in [6.07, 6.45) is 0. The Morgan fingerprint density at radius 3 is 2.55 bits per heavy atom. The normalized spacial score (nSPS) is 11.6. The number of hydrogen-bond acceptors (Lipinski definition) is 1. The van der Waals surface area contributed by atoms with E-state index in [-0.39, 0.29) is 6.04 Å². The van der Waals surface area contributed by atoms with Crippen molar-refractivity contribution < 1.29 is 0 Å². The molecule has 1 rings (SSSR count). The van der Waals surface area contributed by atoms with Crippen LogP contribution in [0.5, 0.6) is 0 Å². The van der Waals surface area contributed by atoms with Crippen molar-refractivity contribution in [2.45, 2.75) is 13.0 Å². The van der Waals surface area contributed by atoms with Crippen molar-refractivity contribution >= 4 is 5.69 Å². The summed E-state index contributed by atoms with van der Waals surface area (Å²) in [5, 5.41) is 12.6. The lowest BCUT2D eigenvalue weighted by Crippen LogP contribution is -2.10. The third kappa shape index (κ3) is 2.30. The van der Waals surface area contributed by atoms with Gasteiger partial charge in [-0.1, -0.05) is 18.2 Å². The molecule has 2 nitrogen and oxygen atoms in total. The van der Waals surface area contributed by atoms with E-state index in [0.29, 0.717) is 0 Å². The van der Waals surface area contributed by atoms with Crippen LogP contribution in [0.4, 0.5) is 5.69 Å². The van der Waals surface area contributed by atoms with Gasteiger partial charge in [0.25, 0.3) is 0 Å². The van der Waals surface area contributed by atoms with E-state index in [4.69, 9.17) is 5.26 Å². The largest absolute Gasteiger partial charge is 0.267 e. The molecule has 0 aliphatic carbocycles. The first-order valence-corrected chi connectivity index (χ1v) is 3.48. The molecule has 0 saturated heterocycles. The van der Waals surface area contributed by atoms with Gasteiger partial charge in [-0.05, 0) is 19.1 Å². The Bertz CT molecular complexity index is 248. The Labute approximate surface area is 66.5 Å². The van der Waals surface area contributed by atoms with Gasteiger partial charge in [-0.3, -0.25) is 5.32 Å². The highest BCUT2D eigenvalue weighted by Gasteiger charge is 1.98. The van der Waals surface area contributed by atoms with Gasteiger partial charge in [0.15, 0.2) is 0 Å². The minimum atomic E-state index is -0.252. The summed E-state index contributed by atoms with van der Waals surface area (Å²) < 4.78 is 0. The summed E-state index contributed by atoms with van der Waals surface area (Å²) in [7, 11) is 0. The van der Waals surface area contributed by atoms with Crippen molar-refractivity contribution in [2.24, 2.45) is 0 Å². The van der Waals surface area contributed by atoms with E-state index >= 15 is 0 Å². The fourth-order valence-corrected chi connectivity index (χ4v) is 0.767. The van der Waals surface area contributed by atoms with Crippen LogP contribution in [0.15, 0.2) is 30.3 Å². The van der Waals surface area contributed by atoms with Crippen molar-refractivity contribution in [3.05, 3.63) is 30.3 Å². The van der Waals surface area contributed by atoms with Gasteiger partial charge in [0.05, 0.1) is 11.8 Å². The predicted molar refractivity (Wildman–Crippen MR) is 43.3 cm³/mol. The zero-order chi connectivity index (χ0) is 8.10. The summed E-state index contributed by atoms with van der Waals surface area (Å²) in [4.78, 5) is 0. The molecule has 0 aliphatic rings. The minimum absolute atomic E-state index is 0.252. The van der Waals surface area contributed by atoms with Crippen LogP contribution in [0, 0.1) is 11.3 Å². The Hall–Kier alpha value is -1.49. The highest BCUT2D eigenvalue weighted by atomic mass is 14.9. The van der Waals surface area contributed by atoms with Crippen LogP contribution in [0.3, 0.4) is 0 Å². The fourth-order valence-electron chi connectivity index (χ4n) is 0.767. The SMILES string of the molecule is CC(C#N)[N]c1ccccc1. The topological polar surface area (TPSA) is 37.9 Å². The number of para-hydroxylation sites is 1. The van der Waals surface area contributed by atoms with Gasteiger partial charge < -0.3 is 0 Å². The maximum atomic E-state index is 8.45. The number of benzene rings is 1. The first-order chi connectivity index (χ1) is 5.33. The first kappa shape index (κ1) is 7.62. The zero-order valence-electron chi connectivity index (χ0n) is 6.36. The molecular formula is C9H9N2. The average Bonchev–Trinajstić information content (AvgIpc) is 2.06. The fraction of sp³-hybridized carbons (Fsp3) is 0.222. The second-order valence-electron chi connectivity index (χ2n) is 2.27. The van der Waals surface area contributed by atoms with Gasteiger partial charge >= 0.3 is 0 Å². The molecule has 1 aromatic rings. The van der Waals surface area contributed by atoms with E-state index in [1.165, 1.54) is 0 Å². The summed E-state index contributed by atoms with van der Waals surface area (Å²) >= 11 is 0. The maximum Gasteiger partial charge on any atom is 0.134 e. The van der Waals surface area contributed by atoms with Gasteiger partial charge in [-0.25, -0.2) is 0 Å². The second kappa shape index (κ2) is 3.62. The molecule has 11 heavy (non-hydrogen) atoms. The van der Waals surface area contributed by atoms with E-state index in [1.807, 2.05) is 36.4 Å². The molecule has 55 valence electrons. The Morgan fingerprint density at radius 1 is 1.36 bits per heavy atom. The summed E-state index contributed by atoms with van der Waals surface area (Å²) in [5.41, 5.74) is 0.863. The molecule has 1 radical (unpaired) electrons. The molecule has 0 N–H and O–H groups in total. The molecular weight excluding hydrogens is 136 g/mol. The first-order valence-electron chi connectivity index (χ1n) is 3.48. The van der Waals surface area contributed by atoms with Gasteiger partial charge in [0.2, 0.25) is 0 Å². The lowest BCUT2D eigenvalue weighted by molar-refractivity contribution is 0.777. The zero-order valence-corrected chi connectivity index (χ0v) is 6.36. The van der Waals surface area contributed by atoms with Crippen molar-refractivity contribution in [2.75, 3.05) is 0 Å². The molecule has 0 saturated carbocycles. The van der Waals surface area contributed by atoms with E-state index in [1.54, 1.807) is 6.92 Å². The van der Waals surface area contributed by atoms with Crippen LogP contribution in [-0.2, 0) is 0 Å². The lowest BCUT2D eigenvalue weighted by Gasteiger charge is -2.02. The Kier molecular flexibility index (Phi) is 2.51. The minimum Gasteiger partial charge on any atom is -0.267 e. The molecule has 0 spiro atoms. The van der Waals surface area contributed by atoms with Gasteiger partial charge in [0.1, 0.15) is 6.04 Å². The quantitative estimate of drug-likeness (QED) is 0.625. The predicted octanol–water partition coefficient (Wildman–Crippen LogP) is 1.83. The van der Waals surface area contributed by atoms with Crippen molar-refractivity contribution in [3.8, 4) is 6.07 Å². The van der Waals surface area contributed by atoms with Crippen molar-refractivity contribution in [1.29, 1.82) is 5.26 Å². The smallest absolute Gasteiger partial charge is 0.134 e. The molecule has 2 heteroatoms.